The van der Waals surface area contributed by atoms with Crippen molar-refractivity contribution in [2.45, 2.75) is 51.7 Å². The summed E-state index contributed by atoms with van der Waals surface area (Å²) in [6.45, 7) is 4.57. The van der Waals surface area contributed by atoms with E-state index in [9.17, 15) is 19.1 Å². The summed E-state index contributed by atoms with van der Waals surface area (Å²) in [5, 5.41) is 19.9. The Balaban J connectivity index is 1.41. The quantitative estimate of drug-likeness (QED) is 0.352. The van der Waals surface area contributed by atoms with Crippen LogP contribution in [0.3, 0.4) is 0 Å². The van der Waals surface area contributed by atoms with Crippen LogP contribution in [0.2, 0.25) is 0 Å². The first kappa shape index (κ1) is 26.3. The highest BCUT2D eigenvalue weighted by Gasteiger charge is 2.28. The van der Waals surface area contributed by atoms with Crippen LogP contribution < -0.4 is 0 Å². The van der Waals surface area contributed by atoms with Gasteiger partial charge in [0.1, 0.15) is 5.82 Å². The molecule has 0 spiro atoms. The Morgan fingerprint density at radius 2 is 1.86 bits per heavy atom. The first-order valence-electron chi connectivity index (χ1n) is 12.6. The number of aliphatic hydroxyl groups is 1. The Labute approximate surface area is 216 Å². The molecule has 5 nitrogen and oxygen atoms in total. The first-order valence-corrected chi connectivity index (χ1v) is 12.6. The van der Waals surface area contributed by atoms with E-state index in [1.165, 1.54) is 12.1 Å². The molecule has 1 heterocycles. The fourth-order valence-electron chi connectivity index (χ4n) is 4.93. The summed E-state index contributed by atoms with van der Waals surface area (Å²) >= 11 is 0. The van der Waals surface area contributed by atoms with E-state index < -0.39 is 17.9 Å². The summed E-state index contributed by atoms with van der Waals surface area (Å²) < 4.78 is 14.5. The van der Waals surface area contributed by atoms with Gasteiger partial charge in [-0.3, -0.25) is 4.79 Å². The number of hydrogen-bond donors (Lipinski definition) is 2. The number of amides is 1. The summed E-state index contributed by atoms with van der Waals surface area (Å²) in [5.41, 5.74) is 5.55. The number of carbonyl (C=O) groups is 2. The Hall–Kier alpha value is -3.77. The van der Waals surface area contributed by atoms with Crippen LogP contribution in [-0.2, 0) is 11.2 Å². The van der Waals surface area contributed by atoms with Gasteiger partial charge in [0, 0.05) is 13.0 Å². The molecule has 0 bridgehead atoms. The molecule has 0 radical (unpaired) electrons. The second kappa shape index (κ2) is 11.5. The van der Waals surface area contributed by atoms with Crippen LogP contribution in [0, 0.1) is 19.7 Å². The number of carbonyl (C=O) groups excluding carboxylic acids is 1. The molecular weight excluding hydrogens is 469 g/mol. The summed E-state index contributed by atoms with van der Waals surface area (Å²) in [6.07, 6.45) is 5.09. The molecule has 2 unspecified atom stereocenters. The van der Waals surface area contributed by atoms with Crippen molar-refractivity contribution in [2.75, 3.05) is 6.54 Å². The Bertz CT molecular complexity index is 1320. The number of halogens is 1. The monoisotopic (exact) mass is 501 g/mol. The van der Waals surface area contributed by atoms with Crippen LogP contribution in [0.1, 0.15) is 58.0 Å². The Morgan fingerprint density at radius 1 is 1.11 bits per heavy atom. The molecule has 0 aliphatic carbocycles. The molecule has 6 heteroatoms. The molecule has 1 fully saturated rings. The standard InChI is InChI=1S/C31H32FNO4/c1-20-5-12-28(21(2)16-20)24-17-25(19-26(32)18-24)29(34)13-10-27-11-14-30(35)33(27)15-3-4-22-6-8-23(9-7-22)31(36)37/h5-10,12-13,16-19,27,29,34H,3-4,11,14-15H2,1-2H3,(H,36,37)/b13-10+. The van der Waals surface area contributed by atoms with Crippen molar-refractivity contribution in [1.82, 2.24) is 4.90 Å². The van der Waals surface area contributed by atoms with Gasteiger partial charge in [-0.25, -0.2) is 9.18 Å². The average molecular weight is 502 g/mol. The van der Waals surface area contributed by atoms with Gasteiger partial charge in [0.25, 0.3) is 0 Å². The topological polar surface area (TPSA) is 77.8 Å². The second-order valence-electron chi connectivity index (χ2n) is 9.72. The molecule has 0 aromatic heterocycles. The molecule has 1 aliphatic rings. The van der Waals surface area contributed by atoms with Gasteiger partial charge in [0.05, 0.1) is 17.7 Å². The summed E-state index contributed by atoms with van der Waals surface area (Å²) in [7, 11) is 0. The second-order valence-corrected chi connectivity index (χ2v) is 9.72. The number of rotatable bonds is 9. The highest BCUT2D eigenvalue weighted by molar-refractivity contribution is 5.87. The number of hydrogen-bond acceptors (Lipinski definition) is 3. The van der Waals surface area contributed by atoms with Crippen molar-refractivity contribution in [1.29, 1.82) is 0 Å². The number of likely N-dealkylation sites (tertiary alicyclic amines) is 1. The van der Waals surface area contributed by atoms with Crippen LogP contribution >= 0.6 is 0 Å². The van der Waals surface area contributed by atoms with Gasteiger partial charge >= 0.3 is 5.97 Å². The van der Waals surface area contributed by atoms with E-state index in [0.717, 1.165) is 35.1 Å². The molecule has 3 aromatic carbocycles. The van der Waals surface area contributed by atoms with E-state index in [1.807, 2.05) is 49.1 Å². The van der Waals surface area contributed by atoms with Crippen LogP contribution in [-0.4, -0.2) is 39.6 Å². The zero-order valence-corrected chi connectivity index (χ0v) is 21.2. The average Bonchev–Trinajstić information content (AvgIpc) is 3.21. The van der Waals surface area contributed by atoms with Crippen molar-refractivity contribution in [3.8, 4) is 11.1 Å². The highest BCUT2D eigenvalue weighted by Crippen LogP contribution is 2.29. The van der Waals surface area contributed by atoms with Gasteiger partial charge in [-0.2, -0.15) is 0 Å². The van der Waals surface area contributed by atoms with E-state index in [-0.39, 0.29) is 17.5 Å². The minimum atomic E-state index is -0.995. The van der Waals surface area contributed by atoms with Crippen molar-refractivity contribution >= 4 is 11.9 Å². The van der Waals surface area contributed by atoms with E-state index >= 15 is 0 Å². The molecule has 37 heavy (non-hydrogen) atoms. The summed E-state index contributed by atoms with van der Waals surface area (Å²) in [5.74, 6) is -1.28. The number of aliphatic hydroxyl groups excluding tert-OH is 1. The fraction of sp³-hybridized carbons (Fsp3) is 0.290. The van der Waals surface area contributed by atoms with Gasteiger partial charge in [-0.05, 0) is 91.3 Å². The zero-order chi connectivity index (χ0) is 26.5. The van der Waals surface area contributed by atoms with Crippen molar-refractivity contribution in [3.05, 3.63) is 106 Å². The zero-order valence-electron chi connectivity index (χ0n) is 21.2. The number of carboxylic acid groups (broad SMARTS) is 1. The van der Waals surface area contributed by atoms with E-state index in [2.05, 4.69) is 0 Å². The molecule has 4 rings (SSSR count). The van der Waals surface area contributed by atoms with Crippen molar-refractivity contribution < 1.29 is 24.2 Å². The largest absolute Gasteiger partial charge is 0.478 e. The van der Waals surface area contributed by atoms with E-state index in [0.29, 0.717) is 30.5 Å². The Kier molecular flexibility index (Phi) is 8.19. The lowest BCUT2D eigenvalue weighted by Crippen LogP contribution is -2.33. The number of carboxylic acids is 1. The minimum absolute atomic E-state index is 0.0771. The molecule has 2 atom stereocenters. The molecule has 1 amide bonds. The molecule has 3 aromatic rings. The lowest BCUT2D eigenvalue weighted by molar-refractivity contribution is -0.128. The van der Waals surface area contributed by atoms with Crippen LogP contribution in [0.15, 0.2) is 72.8 Å². The van der Waals surface area contributed by atoms with Crippen LogP contribution in [0.5, 0.6) is 0 Å². The van der Waals surface area contributed by atoms with Gasteiger partial charge < -0.3 is 15.1 Å². The van der Waals surface area contributed by atoms with Crippen LogP contribution in [0.4, 0.5) is 4.39 Å². The predicted octanol–water partition coefficient (Wildman–Crippen LogP) is 6.02. The third-order valence-corrected chi connectivity index (χ3v) is 6.91. The van der Waals surface area contributed by atoms with Gasteiger partial charge in [-0.1, -0.05) is 48.0 Å². The Morgan fingerprint density at radius 3 is 2.57 bits per heavy atom. The van der Waals surface area contributed by atoms with Crippen LogP contribution in [0.25, 0.3) is 11.1 Å². The van der Waals surface area contributed by atoms with Gasteiger partial charge in [0.15, 0.2) is 0 Å². The molecule has 0 saturated carbocycles. The molecule has 1 saturated heterocycles. The number of aromatic carboxylic acids is 1. The maximum Gasteiger partial charge on any atom is 0.335 e. The SMILES string of the molecule is Cc1ccc(-c2cc(F)cc(C(O)/C=C/C3CCC(=O)N3CCCc3ccc(C(=O)O)cc3)c2)c(C)c1. The molecule has 192 valence electrons. The lowest BCUT2D eigenvalue weighted by Gasteiger charge is -2.23. The summed E-state index contributed by atoms with van der Waals surface area (Å²) in [4.78, 5) is 25.3. The van der Waals surface area contributed by atoms with Gasteiger partial charge in [0.2, 0.25) is 5.91 Å². The fourth-order valence-corrected chi connectivity index (χ4v) is 4.93. The third-order valence-electron chi connectivity index (χ3n) is 6.91. The lowest BCUT2D eigenvalue weighted by atomic mass is 9.95. The van der Waals surface area contributed by atoms with Crippen molar-refractivity contribution in [3.63, 3.8) is 0 Å². The van der Waals surface area contributed by atoms with Crippen molar-refractivity contribution in [2.24, 2.45) is 0 Å². The maximum atomic E-state index is 14.5. The first-order chi connectivity index (χ1) is 17.7. The molecule has 1 aliphatic heterocycles. The molecule has 2 N–H and O–H groups in total. The smallest absolute Gasteiger partial charge is 0.335 e. The predicted molar refractivity (Wildman–Crippen MR) is 142 cm³/mol. The summed E-state index contributed by atoms with van der Waals surface area (Å²) in [6, 6.07) is 17.3. The number of nitrogens with zero attached hydrogens (tertiary/aromatic N) is 1. The van der Waals surface area contributed by atoms with E-state index in [4.69, 9.17) is 5.11 Å². The molecular formula is C31H32FNO4. The highest BCUT2D eigenvalue weighted by atomic mass is 19.1. The third kappa shape index (κ3) is 6.52. The number of benzene rings is 3. The maximum absolute atomic E-state index is 14.5. The normalized spacial score (nSPS) is 16.5. The van der Waals surface area contributed by atoms with Gasteiger partial charge in [-0.15, -0.1) is 0 Å². The number of aryl methyl sites for hydroxylation is 3. The van der Waals surface area contributed by atoms with E-state index in [1.54, 1.807) is 30.3 Å². The minimum Gasteiger partial charge on any atom is -0.478 e.